The number of rotatable bonds is 6. The largest absolute Gasteiger partial charge is 0.383 e. The lowest BCUT2D eigenvalue weighted by atomic mass is 10.1. The molecule has 0 aromatic heterocycles. The van der Waals surface area contributed by atoms with Crippen molar-refractivity contribution in [2.45, 2.75) is 25.9 Å². The Morgan fingerprint density at radius 3 is 2.81 bits per heavy atom. The minimum absolute atomic E-state index is 0.612. The molecule has 1 heterocycles. The molecule has 0 radical (unpaired) electrons. The molecule has 1 aliphatic heterocycles. The second-order valence-electron chi connectivity index (χ2n) is 4.90. The van der Waals surface area contributed by atoms with E-state index in [0.717, 1.165) is 19.7 Å². The highest BCUT2D eigenvalue weighted by atomic mass is 16.5. The second kappa shape index (κ2) is 7.22. The lowest BCUT2D eigenvalue weighted by molar-refractivity contribution is 0.0666. The number of methoxy groups -OCH3 is 1. The van der Waals surface area contributed by atoms with Crippen molar-refractivity contribution in [3.8, 4) is 0 Å². The Hall–Kier alpha value is -0.160. The van der Waals surface area contributed by atoms with Crippen molar-refractivity contribution < 1.29 is 4.74 Å². The van der Waals surface area contributed by atoms with Crippen LogP contribution < -0.4 is 5.32 Å². The minimum Gasteiger partial charge on any atom is -0.383 e. The number of hydrogen-bond donors (Lipinski definition) is 1. The zero-order valence-corrected chi connectivity index (χ0v) is 11.2. The van der Waals surface area contributed by atoms with Crippen LogP contribution in [0.4, 0.5) is 0 Å². The van der Waals surface area contributed by atoms with Crippen molar-refractivity contribution >= 4 is 0 Å². The van der Waals surface area contributed by atoms with Gasteiger partial charge in [-0.25, -0.2) is 0 Å². The number of nitrogens with zero attached hydrogens (tertiary/aromatic N) is 2. The van der Waals surface area contributed by atoms with Crippen LogP contribution in [0, 0.1) is 0 Å². The van der Waals surface area contributed by atoms with E-state index < -0.39 is 0 Å². The summed E-state index contributed by atoms with van der Waals surface area (Å²) in [6.45, 7) is 11.0. The van der Waals surface area contributed by atoms with E-state index in [-0.39, 0.29) is 0 Å². The molecule has 4 nitrogen and oxygen atoms in total. The highest BCUT2D eigenvalue weighted by molar-refractivity contribution is 4.82. The Labute approximate surface area is 99.9 Å². The first-order valence-corrected chi connectivity index (χ1v) is 6.29. The molecule has 1 N–H and O–H groups in total. The molecule has 0 aromatic rings. The van der Waals surface area contributed by atoms with Crippen molar-refractivity contribution in [2.24, 2.45) is 0 Å². The van der Waals surface area contributed by atoms with Gasteiger partial charge in [0.05, 0.1) is 6.61 Å². The van der Waals surface area contributed by atoms with E-state index in [0.29, 0.717) is 12.1 Å². The van der Waals surface area contributed by atoms with Crippen LogP contribution >= 0.6 is 0 Å². The predicted octanol–water partition coefficient (Wildman–Crippen LogP) is 0.247. The molecule has 96 valence electrons. The Balaban J connectivity index is 2.22. The van der Waals surface area contributed by atoms with Gasteiger partial charge in [-0.05, 0) is 20.9 Å². The molecule has 0 saturated carbocycles. The van der Waals surface area contributed by atoms with Crippen LogP contribution in [0.15, 0.2) is 0 Å². The fraction of sp³-hybridized carbons (Fsp3) is 1.00. The van der Waals surface area contributed by atoms with Crippen LogP contribution in [0.5, 0.6) is 0 Å². The summed E-state index contributed by atoms with van der Waals surface area (Å²) in [4.78, 5) is 5.01. The zero-order chi connectivity index (χ0) is 12.0. The zero-order valence-electron chi connectivity index (χ0n) is 11.2. The van der Waals surface area contributed by atoms with E-state index in [1.807, 2.05) is 0 Å². The number of likely N-dealkylation sites (N-methyl/N-ethyl adjacent to an activating group) is 1. The summed E-state index contributed by atoms with van der Waals surface area (Å²) >= 11 is 0. The monoisotopic (exact) mass is 229 g/mol. The molecular formula is C12H27N3O. The number of nitrogens with one attached hydrogen (secondary N) is 1. The topological polar surface area (TPSA) is 27.7 Å². The molecule has 0 aromatic carbocycles. The van der Waals surface area contributed by atoms with Gasteiger partial charge in [-0.2, -0.15) is 0 Å². The molecule has 1 rings (SSSR count). The highest BCUT2D eigenvalue weighted by Crippen LogP contribution is 2.11. The second-order valence-corrected chi connectivity index (χ2v) is 4.90. The van der Waals surface area contributed by atoms with Crippen molar-refractivity contribution in [2.75, 3.05) is 53.5 Å². The van der Waals surface area contributed by atoms with E-state index in [2.05, 4.69) is 36.0 Å². The molecule has 1 aliphatic rings. The third kappa shape index (κ3) is 4.37. The maximum Gasteiger partial charge on any atom is 0.0587 e. The molecule has 2 atom stereocenters. The third-order valence-corrected chi connectivity index (χ3v) is 3.37. The predicted molar refractivity (Wildman–Crippen MR) is 67.9 cm³/mol. The normalized spacial score (nSPS) is 25.9. The van der Waals surface area contributed by atoms with Crippen LogP contribution in [-0.4, -0.2) is 75.4 Å². The van der Waals surface area contributed by atoms with Gasteiger partial charge in [0.1, 0.15) is 0 Å². The van der Waals surface area contributed by atoms with Gasteiger partial charge in [-0.15, -0.1) is 0 Å². The summed E-state index contributed by atoms with van der Waals surface area (Å²) in [7, 11) is 3.95. The van der Waals surface area contributed by atoms with Gasteiger partial charge in [-0.1, -0.05) is 0 Å². The quantitative estimate of drug-likeness (QED) is 0.661. The smallest absolute Gasteiger partial charge is 0.0587 e. The van der Waals surface area contributed by atoms with E-state index in [9.17, 15) is 0 Å². The first kappa shape index (κ1) is 13.9. The molecule has 0 aliphatic carbocycles. The Morgan fingerprint density at radius 1 is 1.44 bits per heavy atom. The lowest BCUT2D eigenvalue weighted by Crippen LogP contribution is -2.55. The maximum absolute atomic E-state index is 5.02. The van der Waals surface area contributed by atoms with E-state index in [4.69, 9.17) is 4.74 Å². The number of ether oxygens (including phenoxy) is 1. The first-order chi connectivity index (χ1) is 7.65. The van der Waals surface area contributed by atoms with Gasteiger partial charge < -0.3 is 15.0 Å². The third-order valence-electron chi connectivity index (χ3n) is 3.37. The number of piperazine rings is 1. The van der Waals surface area contributed by atoms with Crippen molar-refractivity contribution in [1.82, 2.24) is 15.1 Å². The molecule has 4 heteroatoms. The average molecular weight is 229 g/mol. The molecular weight excluding hydrogens is 202 g/mol. The summed E-state index contributed by atoms with van der Waals surface area (Å²) in [6.07, 6.45) is 0. The van der Waals surface area contributed by atoms with E-state index in [1.165, 1.54) is 19.6 Å². The summed E-state index contributed by atoms with van der Waals surface area (Å²) in [6, 6.07) is 1.28. The lowest BCUT2D eigenvalue weighted by Gasteiger charge is -2.41. The van der Waals surface area contributed by atoms with Crippen LogP contribution in [0.1, 0.15) is 13.8 Å². The summed E-state index contributed by atoms with van der Waals surface area (Å²) in [5.74, 6) is 0. The first-order valence-electron chi connectivity index (χ1n) is 6.29. The van der Waals surface area contributed by atoms with E-state index in [1.54, 1.807) is 7.11 Å². The van der Waals surface area contributed by atoms with Crippen LogP contribution in [-0.2, 0) is 4.74 Å². The Bertz CT molecular complexity index is 189. The van der Waals surface area contributed by atoms with Crippen molar-refractivity contribution in [3.63, 3.8) is 0 Å². The molecule has 0 amide bonds. The van der Waals surface area contributed by atoms with Gasteiger partial charge >= 0.3 is 0 Å². The number of hydrogen-bond acceptors (Lipinski definition) is 4. The van der Waals surface area contributed by atoms with Crippen LogP contribution in [0.2, 0.25) is 0 Å². The van der Waals surface area contributed by atoms with Gasteiger partial charge in [0.2, 0.25) is 0 Å². The molecule has 16 heavy (non-hydrogen) atoms. The maximum atomic E-state index is 5.02. The van der Waals surface area contributed by atoms with Crippen LogP contribution in [0.25, 0.3) is 0 Å². The molecule has 1 saturated heterocycles. The average Bonchev–Trinajstić information content (AvgIpc) is 2.24. The summed E-state index contributed by atoms with van der Waals surface area (Å²) in [5.41, 5.74) is 0. The van der Waals surface area contributed by atoms with Gasteiger partial charge in [-0.3, -0.25) is 4.90 Å². The summed E-state index contributed by atoms with van der Waals surface area (Å²) < 4.78 is 5.02. The van der Waals surface area contributed by atoms with Gasteiger partial charge in [0.15, 0.2) is 0 Å². The van der Waals surface area contributed by atoms with Crippen molar-refractivity contribution in [1.29, 1.82) is 0 Å². The minimum atomic E-state index is 0.612. The van der Waals surface area contributed by atoms with Gasteiger partial charge in [0.25, 0.3) is 0 Å². The van der Waals surface area contributed by atoms with Gasteiger partial charge in [0, 0.05) is 51.9 Å². The van der Waals surface area contributed by atoms with Crippen LogP contribution in [0.3, 0.4) is 0 Å². The fourth-order valence-corrected chi connectivity index (χ4v) is 2.41. The molecule has 0 bridgehead atoms. The summed E-state index contributed by atoms with van der Waals surface area (Å²) in [5, 5.41) is 3.43. The SMILES string of the molecule is COCCNCC(C)N1CCN(C)CC1C. The molecule has 2 unspecified atom stereocenters. The fourth-order valence-electron chi connectivity index (χ4n) is 2.41. The molecule has 0 spiro atoms. The van der Waals surface area contributed by atoms with E-state index >= 15 is 0 Å². The Morgan fingerprint density at radius 2 is 2.19 bits per heavy atom. The molecule has 1 fully saturated rings. The highest BCUT2D eigenvalue weighted by Gasteiger charge is 2.24. The standard InChI is InChI=1S/C12H27N3O/c1-11(9-13-5-8-16-4)15-7-6-14(3)10-12(15)2/h11-13H,5-10H2,1-4H3. The van der Waals surface area contributed by atoms with Crippen molar-refractivity contribution in [3.05, 3.63) is 0 Å². The Kier molecular flexibility index (Phi) is 6.28.